The smallest absolute Gasteiger partial charge is 0.449 e. The molecule has 0 spiro atoms. The Morgan fingerprint density at radius 1 is 1.09 bits per heavy atom. The Hall–Kier alpha value is -0.875. The van der Waals surface area contributed by atoms with Gasteiger partial charge in [0.05, 0.1) is 0 Å². The molecule has 0 aromatic rings. The molecule has 0 saturated heterocycles. The summed E-state index contributed by atoms with van der Waals surface area (Å²) in [5, 5.41) is 2.99. The minimum absolute atomic E-state index is 0.158. The Morgan fingerprint density at radius 3 is 2.00 bits per heavy atom. The first-order chi connectivity index (χ1) is 9.93. The van der Waals surface area contributed by atoms with Gasteiger partial charge in [0.25, 0.3) is 0 Å². The third-order valence-electron chi connectivity index (χ3n) is 5.17. The van der Waals surface area contributed by atoms with Gasteiger partial charge in [-0.2, -0.15) is 0 Å². The highest BCUT2D eigenvalue weighted by Crippen LogP contribution is 2.55. The van der Waals surface area contributed by atoms with Gasteiger partial charge in [-0.05, 0) is 64.7 Å². The molecule has 3 aliphatic rings. The zero-order valence-electron chi connectivity index (χ0n) is 13.7. The molecule has 3 aliphatic carbocycles. The summed E-state index contributed by atoms with van der Waals surface area (Å²) in [6.45, 7) is 0.754. The molecule has 7 heteroatoms. The van der Waals surface area contributed by atoms with E-state index in [1.54, 1.807) is 0 Å². The van der Waals surface area contributed by atoms with Gasteiger partial charge in [-0.1, -0.05) is 12.7 Å². The maximum absolute atomic E-state index is 12.5. The maximum atomic E-state index is 12.5. The van der Waals surface area contributed by atoms with E-state index in [4.69, 9.17) is 4.74 Å². The summed E-state index contributed by atoms with van der Waals surface area (Å²) < 4.78 is 42.9. The predicted molar refractivity (Wildman–Crippen MR) is 80.7 cm³/mol. The van der Waals surface area contributed by atoms with Crippen molar-refractivity contribution in [2.45, 2.75) is 83.2 Å². The Balaban J connectivity index is 1.89. The second-order valence-electron chi connectivity index (χ2n) is 8.16. The molecule has 0 aliphatic heterocycles. The third-order valence-corrected chi connectivity index (χ3v) is 5.17. The van der Waals surface area contributed by atoms with Gasteiger partial charge >= 0.3 is 13.1 Å². The molecule has 0 unspecified atom stereocenters. The number of fused-ring (bicyclic) bond motifs is 3. The highest BCUT2D eigenvalue weighted by molar-refractivity contribution is 6.58. The summed E-state index contributed by atoms with van der Waals surface area (Å²) in [6, 6.07) is 0. The van der Waals surface area contributed by atoms with Crippen LogP contribution >= 0.6 is 0 Å². The van der Waals surface area contributed by atoms with Gasteiger partial charge in [-0.25, -0.2) is 4.79 Å². The Kier molecular flexibility index (Phi) is 4.48. The van der Waals surface area contributed by atoms with E-state index >= 15 is 0 Å². The van der Waals surface area contributed by atoms with Crippen LogP contribution in [-0.4, -0.2) is 24.2 Å². The molecule has 3 saturated carbocycles. The van der Waals surface area contributed by atoms with Gasteiger partial charge < -0.3 is 23.0 Å². The lowest BCUT2D eigenvalue weighted by Gasteiger charge is -2.54. The fourth-order valence-electron chi connectivity index (χ4n) is 3.82. The SMILES string of the molecule is CC(C)(C)OC(=O)NC12CCC(CC[B-](F)(F)F)(CC1)CC2. The van der Waals surface area contributed by atoms with Crippen LogP contribution in [0.5, 0.6) is 0 Å². The molecule has 2 bridgehead atoms. The van der Waals surface area contributed by atoms with Crippen molar-refractivity contribution >= 4 is 13.1 Å². The first-order valence-electron chi connectivity index (χ1n) is 8.15. The van der Waals surface area contributed by atoms with E-state index in [1.807, 2.05) is 20.8 Å². The van der Waals surface area contributed by atoms with Crippen LogP contribution in [-0.2, 0) is 4.74 Å². The summed E-state index contributed by atoms with van der Waals surface area (Å²) in [5.74, 6) is 0. The van der Waals surface area contributed by atoms with E-state index in [2.05, 4.69) is 5.32 Å². The van der Waals surface area contributed by atoms with Crippen molar-refractivity contribution in [3.05, 3.63) is 0 Å². The predicted octanol–water partition coefficient (Wildman–Crippen LogP) is 4.84. The minimum Gasteiger partial charge on any atom is -0.449 e. The lowest BCUT2D eigenvalue weighted by molar-refractivity contribution is 0.00223. The number of hydrogen-bond acceptors (Lipinski definition) is 2. The standard InChI is InChI=1S/C15H26BF3NO2/c1-13(2,3)22-12(21)20-15-7-4-14(5-8-15,6-9-15)10-11-16(17,18)19/h4-11H2,1-3H3,(H,20,21)/q-1. The number of ether oxygens (including phenoxy) is 1. The van der Waals surface area contributed by atoms with E-state index in [1.165, 1.54) is 0 Å². The lowest BCUT2D eigenvalue weighted by atomic mass is 9.54. The molecule has 0 aromatic heterocycles. The molecular formula is C15H26BF3NO2-. The van der Waals surface area contributed by atoms with Crippen molar-refractivity contribution in [2.75, 3.05) is 0 Å². The molecule has 3 rings (SSSR count). The van der Waals surface area contributed by atoms with E-state index in [0.717, 1.165) is 38.5 Å². The van der Waals surface area contributed by atoms with Gasteiger partial charge in [-0.3, -0.25) is 0 Å². The third kappa shape index (κ3) is 4.56. The number of hydrogen-bond donors (Lipinski definition) is 1. The van der Waals surface area contributed by atoms with Gasteiger partial charge in [0.15, 0.2) is 0 Å². The normalized spacial score (nSPS) is 31.9. The Bertz CT molecular complexity index is 407. The molecule has 0 heterocycles. The quantitative estimate of drug-likeness (QED) is 0.753. The largest absolute Gasteiger partial charge is 0.478 e. The van der Waals surface area contributed by atoms with Gasteiger partial charge in [-0.15, -0.1) is 0 Å². The molecule has 22 heavy (non-hydrogen) atoms. The molecule has 0 aromatic carbocycles. The average molecular weight is 320 g/mol. The van der Waals surface area contributed by atoms with Crippen LogP contribution in [0.15, 0.2) is 0 Å². The molecule has 1 N–H and O–H groups in total. The number of halogens is 3. The van der Waals surface area contributed by atoms with Crippen molar-refractivity contribution in [2.24, 2.45) is 5.41 Å². The summed E-state index contributed by atoms with van der Waals surface area (Å²) in [4.78, 5) is 12.0. The first kappa shape index (κ1) is 17.5. The maximum Gasteiger partial charge on any atom is 0.478 e. The van der Waals surface area contributed by atoms with Crippen LogP contribution in [0.2, 0.25) is 6.32 Å². The highest BCUT2D eigenvalue weighted by Gasteiger charge is 2.49. The summed E-state index contributed by atoms with van der Waals surface area (Å²) in [5.41, 5.74) is -0.968. The van der Waals surface area contributed by atoms with E-state index in [9.17, 15) is 17.7 Å². The van der Waals surface area contributed by atoms with Gasteiger partial charge in [0.2, 0.25) is 0 Å². The summed E-state index contributed by atoms with van der Waals surface area (Å²) in [7, 11) is 0. The second-order valence-corrected chi connectivity index (χ2v) is 8.16. The molecular weight excluding hydrogens is 294 g/mol. The van der Waals surface area contributed by atoms with Crippen LogP contribution in [0.25, 0.3) is 0 Å². The molecule has 3 nitrogen and oxygen atoms in total. The number of carbonyl (C=O) groups excluding carboxylic acids is 1. The van der Waals surface area contributed by atoms with Crippen molar-refractivity contribution in [1.29, 1.82) is 0 Å². The Labute approximate surface area is 130 Å². The van der Waals surface area contributed by atoms with Crippen LogP contribution in [0, 0.1) is 5.41 Å². The first-order valence-corrected chi connectivity index (χ1v) is 8.15. The fraction of sp³-hybridized carbons (Fsp3) is 0.933. The molecule has 3 fully saturated rings. The zero-order valence-corrected chi connectivity index (χ0v) is 13.7. The summed E-state index contributed by atoms with van der Waals surface area (Å²) >= 11 is 0. The van der Waals surface area contributed by atoms with Crippen LogP contribution in [0.3, 0.4) is 0 Å². The van der Waals surface area contributed by atoms with Gasteiger partial charge in [0.1, 0.15) is 5.60 Å². The fourth-order valence-corrected chi connectivity index (χ4v) is 3.82. The molecule has 0 atom stereocenters. The van der Waals surface area contributed by atoms with Crippen molar-refractivity contribution in [1.82, 2.24) is 5.32 Å². The average Bonchev–Trinajstić information content (AvgIpc) is 2.35. The van der Waals surface area contributed by atoms with Gasteiger partial charge in [0, 0.05) is 5.54 Å². The highest BCUT2D eigenvalue weighted by atomic mass is 19.4. The van der Waals surface area contributed by atoms with E-state index < -0.39 is 25.0 Å². The topological polar surface area (TPSA) is 38.3 Å². The minimum atomic E-state index is -4.69. The number of amides is 1. The van der Waals surface area contributed by atoms with Crippen molar-refractivity contribution in [3.63, 3.8) is 0 Å². The van der Waals surface area contributed by atoms with E-state index in [-0.39, 0.29) is 17.4 Å². The van der Waals surface area contributed by atoms with E-state index in [0.29, 0.717) is 0 Å². The summed E-state index contributed by atoms with van der Waals surface area (Å²) in [6.07, 6.45) is 3.80. The van der Waals surface area contributed by atoms with Crippen molar-refractivity contribution in [3.8, 4) is 0 Å². The number of carbonyl (C=O) groups is 1. The van der Waals surface area contributed by atoms with Crippen LogP contribution in [0.1, 0.15) is 65.7 Å². The molecule has 128 valence electrons. The van der Waals surface area contributed by atoms with Crippen LogP contribution in [0.4, 0.5) is 17.7 Å². The number of rotatable bonds is 4. The molecule has 0 radical (unpaired) electrons. The molecule has 1 amide bonds. The zero-order chi connectivity index (χ0) is 16.6. The Morgan fingerprint density at radius 2 is 1.59 bits per heavy atom. The lowest BCUT2D eigenvalue weighted by Crippen LogP contribution is -2.57. The number of nitrogens with one attached hydrogen (secondary N) is 1. The second kappa shape index (κ2) is 5.64. The van der Waals surface area contributed by atoms with Crippen molar-refractivity contribution < 1.29 is 22.5 Å². The monoisotopic (exact) mass is 320 g/mol. The van der Waals surface area contributed by atoms with Crippen LogP contribution < -0.4 is 5.32 Å². The number of alkyl carbamates (subject to hydrolysis) is 1.